The number of carbonyl (C=O) groups excluding carboxylic acids is 1. The van der Waals surface area contributed by atoms with Gasteiger partial charge in [-0.2, -0.15) is 0 Å². The van der Waals surface area contributed by atoms with Crippen LogP contribution in [0.15, 0.2) is 18.2 Å². The molecule has 0 bridgehead atoms. The van der Waals surface area contributed by atoms with Crippen LogP contribution in [0.25, 0.3) is 0 Å². The molecular weight excluding hydrogens is 279 g/mol. The number of carboxylic acid groups (broad SMARTS) is 1. The smallest absolute Gasteiger partial charge is 0.335 e. The number of benzene rings is 1. The molecule has 1 aliphatic carbocycles. The normalized spacial score (nSPS) is 13.8. The highest BCUT2D eigenvalue weighted by atomic mass is 19.1. The highest BCUT2D eigenvalue weighted by Crippen LogP contribution is 2.28. The summed E-state index contributed by atoms with van der Waals surface area (Å²) in [4.78, 5) is 22.2. The summed E-state index contributed by atoms with van der Waals surface area (Å²) in [5, 5.41) is 13.6. The Morgan fingerprint density at radius 1 is 1.38 bits per heavy atom. The number of ether oxygens (including phenoxy) is 1. The number of halogens is 1. The van der Waals surface area contributed by atoms with Crippen molar-refractivity contribution in [3.63, 3.8) is 0 Å². The molecule has 1 aromatic rings. The first-order chi connectivity index (χ1) is 10.1. The number of carboxylic acids is 1. The molecule has 0 saturated heterocycles. The molecule has 3 N–H and O–H groups in total. The van der Waals surface area contributed by atoms with Crippen molar-refractivity contribution in [1.82, 2.24) is 5.32 Å². The fourth-order valence-electron chi connectivity index (χ4n) is 1.69. The standard InChI is InChI=1S/C14H17FN2O4/c15-11-7-10(13(18)19)3-4-12(11)17-14(20)16-5-6-21-8-9-1-2-9/h3-4,7,9H,1-2,5-6,8H2,(H,18,19)(H2,16,17,20). The van der Waals surface area contributed by atoms with Crippen LogP contribution in [0.2, 0.25) is 0 Å². The van der Waals surface area contributed by atoms with Crippen molar-refractivity contribution in [2.75, 3.05) is 25.1 Å². The second kappa shape index (κ2) is 7.03. The zero-order valence-corrected chi connectivity index (χ0v) is 11.4. The number of amides is 2. The Hall–Kier alpha value is -2.15. The summed E-state index contributed by atoms with van der Waals surface area (Å²) in [6.45, 7) is 1.45. The largest absolute Gasteiger partial charge is 0.478 e. The van der Waals surface area contributed by atoms with E-state index in [4.69, 9.17) is 9.84 Å². The molecule has 1 fully saturated rings. The molecule has 0 aliphatic heterocycles. The lowest BCUT2D eigenvalue weighted by atomic mass is 10.2. The fraction of sp³-hybridized carbons (Fsp3) is 0.429. The minimum absolute atomic E-state index is 0.0728. The Labute approximate surface area is 121 Å². The lowest BCUT2D eigenvalue weighted by Crippen LogP contribution is -2.32. The van der Waals surface area contributed by atoms with Gasteiger partial charge in [0.2, 0.25) is 0 Å². The van der Waals surface area contributed by atoms with Gasteiger partial charge in [0, 0.05) is 13.2 Å². The molecule has 2 rings (SSSR count). The monoisotopic (exact) mass is 296 g/mol. The van der Waals surface area contributed by atoms with Gasteiger partial charge >= 0.3 is 12.0 Å². The van der Waals surface area contributed by atoms with E-state index >= 15 is 0 Å². The number of hydrogen-bond donors (Lipinski definition) is 3. The van der Waals surface area contributed by atoms with Gasteiger partial charge in [0.1, 0.15) is 5.82 Å². The van der Waals surface area contributed by atoms with Crippen LogP contribution in [0.5, 0.6) is 0 Å². The molecule has 114 valence electrons. The highest BCUT2D eigenvalue weighted by molar-refractivity contribution is 5.91. The summed E-state index contributed by atoms with van der Waals surface area (Å²) in [6.07, 6.45) is 2.42. The van der Waals surface area contributed by atoms with E-state index < -0.39 is 17.8 Å². The number of carbonyl (C=O) groups is 2. The van der Waals surface area contributed by atoms with E-state index in [-0.39, 0.29) is 11.3 Å². The van der Waals surface area contributed by atoms with Gasteiger partial charge in [0.05, 0.1) is 17.9 Å². The first kappa shape index (κ1) is 15.2. The molecule has 0 radical (unpaired) electrons. The molecule has 2 amide bonds. The van der Waals surface area contributed by atoms with E-state index in [0.717, 1.165) is 6.07 Å². The van der Waals surface area contributed by atoms with Crippen molar-refractivity contribution in [3.8, 4) is 0 Å². The minimum atomic E-state index is -1.22. The van der Waals surface area contributed by atoms with Crippen LogP contribution in [0.1, 0.15) is 23.2 Å². The Balaban J connectivity index is 1.72. The maximum atomic E-state index is 13.6. The Morgan fingerprint density at radius 2 is 2.14 bits per heavy atom. The van der Waals surface area contributed by atoms with E-state index in [1.165, 1.54) is 25.0 Å². The predicted molar refractivity (Wildman–Crippen MR) is 73.9 cm³/mol. The summed E-state index contributed by atoms with van der Waals surface area (Å²) in [5.41, 5.74) is -0.247. The topological polar surface area (TPSA) is 87.7 Å². The van der Waals surface area contributed by atoms with Crippen LogP contribution in [-0.2, 0) is 4.74 Å². The highest BCUT2D eigenvalue weighted by Gasteiger charge is 2.20. The lowest BCUT2D eigenvalue weighted by molar-refractivity contribution is 0.0696. The molecular formula is C14H17FN2O4. The third-order valence-electron chi connectivity index (χ3n) is 3.05. The summed E-state index contributed by atoms with van der Waals surface area (Å²) in [7, 11) is 0. The number of hydrogen-bond acceptors (Lipinski definition) is 3. The van der Waals surface area contributed by atoms with Crippen molar-refractivity contribution in [3.05, 3.63) is 29.6 Å². The second-order valence-corrected chi connectivity index (χ2v) is 4.90. The Morgan fingerprint density at radius 3 is 2.76 bits per heavy atom. The van der Waals surface area contributed by atoms with Gasteiger partial charge in [0.15, 0.2) is 0 Å². The molecule has 7 heteroatoms. The van der Waals surface area contributed by atoms with E-state index in [1.807, 2.05) is 0 Å². The molecule has 1 saturated carbocycles. The van der Waals surface area contributed by atoms with E-state index in [1.54, 1.807) is 0 Å². The molecule has 0 heterocycles. The van der Waals surface area contributed by atoms with Gasteiger partial charge in [-0.15, -0.1) is 0 Å². The van der Waals surface area contributed by atoms with Crippen LogP contribution in [0, 0.1) is 11.7 Å². The van der Waals surface area contributed by atoms with Crippen LogP contribution in [-0.4, -0.2) is 36.9 Å². The molecule has 1 aliphatic rings. The maximum Gasteiger partial charge on any atom is 0.335 e. The molecule has 1 aromatic carbocycles. The maximum absolute atomic E-state index is 13.6. The first-order valence-corrected chi connectivity index (χ1v) is 6.71. The lowest BCUT2D eigenvalue weighted by Gasteiger charge is -2.09. The zero-order chi connectivity index (χ0) is 15.2. The predicted octanol–water partition coefficient (Wildman–Crippen LogP) is 2.07. The van der Waals surface area contributed by atoms with Crippen molar-refractivity contribution in [2.45, 2.75) is 12.8 Å². The third kappa shape index (κ3) is 5.03. The number of anilines is 1. The summed E-state index contributed by atoms with van der Waals surface area (Å²) in [6, 6.07) is 2.73. The van der Waals surface area contributed by atoms with Gasteiger partial charge in [0.25, 0.3) is 0 Å². The fourth-order valence-corrected chi connectivity index (χ4v) is 1.69. The van der Waals surface area contributed by atoms with Crippen LogP contribution in [0.3, 0.4) is 0 Å². The molecule has 0 spiro atoms. The van der Waals surface area contributed by atoms with Crippen molar-refractivity contribution in [2.24, 2.45) is 5.92 Å². The zero-order valence-electron chi connectivity index (χ0n) is 11.4. The summed E-state index contributed by atoms with van der Waals surface area (Å²) in [5.74, 6) is -1.35. The molecule has 6 nitrogen and oxygen atoms in total. The van der Waals surface area contributed by atoms with E-state index in [0.29, 0.717) is 25.7 Å². The molecule has 0 atom stereocenters. The molecule has 0 unspecified atom stereocenters. The van der Waals surface area contributed by atoms with Gasteiger partial charge in [-0.25, -0.2) is 14.0 Å². The number of urea groups is 1. The number of rotatable bonds is 7. The molecule has 0 aromatic heterocycles. The van der Waals surface area contributed by atoms with Crippen molar-refractivity contribution in [1.29, 1.82) is 0 Å². The van der Waals surface area contributed by atoms with Gasteiger partial charge < -0.3 is 20.5 Å². The second-order valence-electron chi connectivity index (χ2n) is 4.90. The SMILES string of the molecule is O=C(NCCOCC1CC1)Nc1ccc(C(=O)O)cc1F. The van der Waals surface area contributed by atoms with Gasteiger partial charge in [-0.1, -0.05) is 0 Å². The molecule has 21 heavy (non-hydrogen) atoms. The average Bonchev–Trinajstić information content (AvgIpc) is 3.24. The van der Waals surface area contributed by atoms with E-state index in [9.17, 15) is 14.0 Å². The third-order valence-corrected chi connectivity index (χ3v) is 3.05. The van der Waals surface area contributed by atoms with Gasteiger partial charge in [-0.05, 0) is 37.0 Å². The number of aromatic carboxylic acids is 1. The van der Waals surface area contributed by atoms with E-state index in [2.05, 4.69) is 10.6 Å². The van der Waals surface area contributed by atoms with Crippen LogP contribution in [0.4, 0.5) is 14.9 Å². The summed E-state index contributed by atoms with van der Waals surface area (Å²) < 4.78 is 18.9. The average molecular weight is 296 g/mol. The van der Waals surface area contributed by atoms with Gasteiger partial charge in [-0.3, -0.25) is 0 Å². The van der Waals surface area contributed by atoms with Crippen molar-refractivity contribution >= 4 is 17.7 Å². The first-order valence-electron chi connectivity index (χ1n) is 6.71. The quantitative estimate of drug-likeness (QED) is 0.672. The Bertz CT molecular complexity index is 532. The van der Waals surface area contributed by atoms with Crippen molar-refractivity contribution < 1.29 is 23.8 Å². The van der Waals surface area contributed by atoms with Crippen LogP contribution >= 0.6 is 0 Å². The number of nitrogens with one attached hydrogen (secondary N) is 2. The Kier molecular flexibility index (Phi) is 5.10. The summed E-state index contributed by atoms with van der Waals surface area (Å²) >= 11 is 0. The minimum Gasteiger partial charge on any atom is -0.478 e. The van der Waals surface area contributed by atoms with Crippen LogP contribution < -0.4 is 10.6 Å².